The van der Waals surface area contributed by atoms with E-state index >= 15 is 0 Å². The van der Waals surface area contributed by atoms with E-state index < -0.39 is 16.6 Å². The lowest BCUT2D eigenvalue weighted by Crippen LogP contribution is -2.16. The molecule has 26 heavy (non-hydrogen) atoms. The minimum atomic E-state index is -0.627. The molecule has 3 rings (SSSR count). The first kappa shape index (κ1) is 17.7. The highest BCUT2D eigenvalue weighted by Gasteiger charge is 2.16. The lowest BCUT2D eigenvalue weighted by atomic mass is 10.1. The summed E-state index contributed by atoms with van der Waals surface area (Å²) in [5.74, 6) is -1.04. The van der Waals surface area contributed by atoms with E-state index in [0.29, 0.717) is 20.6 Å². The number of fused-ring (bicyclic) bond motifs is 1. The van der Waals surface area contributed by atoms with Gasteiger partial charge in [0.25, 0.3) is 11.6 Å². The quantitative estimate of drug-likeness (QED) is 0.395. The topological polar surface area (TPSA) is 77.5 Å². The summed E-state index contributed by atoms with van der Waals surface area (Å²) < 4.78 is 16.4. The van der Waals surface area contributed by atoms with Gasteiger partial charge in [0.05, 0.1) is 15.1 Å². The first-order valence-corrected chi connectivity index (χ1v) is 8.47. The fourth-order valence-corrected chi connectivity index (χ4v) is 3.61. The number of carbonyl (C=O) groups excluding carboxylic acids is 1. The molecule has 1 aromatic heterocycles. The standard InChI is InChI=1S/C18H14FN3O3S/c1-3-9-21-16-13(19)5-4-6-15(16)26-18(21)20-17(23)12-8-7-11(2)14(10-12)22(24)25/h3-8,10H,1,9H2,2H3. The molecule has 132 valence electrons. The van der Waals surface area contributed by atoms with Gasteiger partial charge in [0, 0.05) is 23.7 Å². The van der Waals surface area contributed by atoms with Gasteiger partial charge in [-0.05, 0) is 25.1 Å². The molecule has 0 aliphatic rings. The lowest BCUT2D eigenvalue weighted by molar-refractivity contribution is -0.385. The molecular formula is C18H14FN3O3S. The van der Waals surface area contributed by atoms with Crippen LogP contribution in [-0.4, -0.2) is 15.4 Å². The monoisotopic (exact) mass is 371 g/mol. The molecule has 1 heterocycles. The van der Waals surface area contributed by atoms with E-state index in [1.54, 1.807) is 29.7 Å². The number of amides is 1. The smallest absolute Gasteiger partial charge is 0.279 e. The van der Waals surface area contributed by atoms with Crippen LogP contribution in [0.2, 0.25) is 0 Å². The predicted octanol–water partition coefficient (Wildman–Crippen LogP) is 3.99. The van der Waals surface area contributed by atoms with Crippen molar-refractivity contribution in [2.24, 2.45) is 4.99 Å². The molecule has 0 bridgehead atoms. The van der Waals surface area contributed by atoms with Crippen LogP contribution in [0.3, 0.4) is 0 Å². The van der Waals surface area contributed by atoms with Crippen LogP contribution in [0.5, 0.6) is 0 Å². The first-order valence-electron chi connectivity index (χ1n) is 7.65. The van der Waals surface area contributed by atoms with E-state index in [1.165, 1.54) is 35.6 Å². The van der Waals surface area contributed by atoms with Crippen LogP contribution in [0.1, 0.15) is 15.9 Å². The summed E-state index contributed by atoms with van der Waals surface area (Å²) in [6.45, 7) is 5.52. The SMILES string of the molecule is C=CCn1c(=NC(=O)c2ccc(C)c([N+](=O)[O-])c2)sc2cccc(F)c21. The number of nitro groups is 1. The van der Waals surface area contributed by atoms with Crippen LogP contribution >= 0.6 is 11.3 Å². The molecule has 0 saturated heterocycles. The third-order valence-electron chi connectivity index (χ3n) is 3.81. The van der Waals surface area contributed by atoms with Gasteiger partial charge in [-0.15, -0.1) is 6.58 Å². The predicted molar refractivity (Wildman–Crippen MR) is 97.7 cm³/mol. The van der Waals surface area contributed by atoms with Crippen LogP contribution in [0.25, 0.3) is 10.2 Å². The molecule has 8 heteroatoms. The van der Waals surface area contributed by atoms with Gasteiger partial charge in [0.1, 0.15) is 5.82 Å². The van der Waals surface area contributed by atoms with Gasteiger partial charge in [-0.25, -0.2) is 4.39 Å². The first-order chi connectivity index (χ1) is 12.4. The fourth-order valence-electron chi connectivity index (χ4n) is 2.56. The van der Waals surface area contributed by atoms with Gasteiger partial charge in [-0.1, -0.05) is 29.5 Å². The Kier molecular flexibility index (Phi) is 4.77. The Morgan fingerprint density at radius 1 is 1.42 bits per heavy atom. The second kappa shape index (κ2) is 7.01. The average molecular weight is 371 g/mol. The van der Waals surface area contributed by atoms with Gasteiger partial charge in [-0.3, -0.25) is 14.9 Å². The minimum Gasteiger partial charge on any atom is -0.310 e. The molecule has 6 nitrogen and oxygen atoms in total. The molecule has 3 aromatic rings. The van der Waals surface area contributed by atoms with E-state index in [4.69, 9.17) is 0 Å². The summed E-state index contributed by atoms with van der Waals surface area (Å²) in [6.07, 6.45) is 1.58. The normalized spacial score (nSPS) is 11.7. The van der Waals surface area contributed by atoms with E-state index in [2.05, 4.69) is 11.6 Å². The zero-order valence-corrected chi connectivity index (χ0v) is 14.6. The van der Waals surface area contributed by atoms with Gasteiger partial charge < -0.3 is 4.57 Å². The number of hydrogen-bond donors (Lipinski definition) is 0. The number of carbonyl (C=O) groups is 1. The highest BCUT2D eigenvalue weighted by molar-refractivity contribution is 7.16. The molecule has 1 amide bonds. The number of nitro benzene ring substituents is 1. The van der Waals surface area contributed by atoms with Crippen molar-refractivity contribution in [2.45, 2.75) is 13.5 Å². The Morgan fingerprint density at radius 3 is 2.88 bits per heavy atom. The molecule has 0 spiro atoms. The number of aromatic nitrogens is 1. The number of thiazole rings is 1. The number of allylic oxidation sites excluding steroid dienone is 1. The van der Waals surface area contributed by atoms with Crippen molar-refractivity contribution in [3.63, 3.8) is 0 Å². The molecule has 0 aliphatic heterocycles. The van der Waals surface area contributed by atoms with Crippen LogP contribution < -0.4 is 4.80 Å². The van der Waals surface area contributed by atoms with Crippen molar-refractivity contribution >= 4 is 33.1 Å². The highest BCUT2D eigenvalue weighted by atomic mass is 32.1. The molecule has 2 aromatic carbocycles. The summed E-state index contributed by atoms with van der Waals surface area (Å²) in [5, 5.41) is 11.1. The number of aryl methyl sites for hydroxylation is 1. The molecule has 0 atom stereocenters. The zero-order chi connectivity index (χ0) is 18.8. The number of rotatable bonds is 4. The summed E-state index contributed by atoms with van der Waals surface area (Å²) in [6, 6.07) is 8.85. The van der Waals surface area contributed by atoms with Gasteiger partial charge in [0.2, 0.25) is 0 Å². The van der Waals surface area contributed by atoms with Crippen molar-refractivity contribution < 1.29 is 14.1 Å². The molecule has 0 fully saturated rings. The number of nitrogens with zero attached hydrogens (tertiary/aromatic N) is 3. The second-order valence-corrected chi connectivity index (χ2v) is 6.55. The third kappa shape index (κ3) is 3.18. The fraction of sp³-hybridized carbons (Fsp3) is 0.111. The van der Waals surface area contributed by atoms with Gasteiger partial charge in [-0.2, -0.15) is 4.99 Å². The third-order valence-corrected chi connectivity index (χ3v) is 4.86. The Balaban J connectivity index is 2.16. The van der Waals surface area contributed by atoms with Crippen LogP contribution in [0, 0.1) is 22.9 Å². The van der Waals surface area contributed by atoms with Crippen LogP contribution in [0.15, 0.2) is 54.0 Å². The molecule has 0 N–H and O–H groups in total. The molecule has 0 saturated carbocycles. The highest BCUT2D eigenvalue weighted by Crippen LogP contribution is 2.22. The van der Waals surface area contributed by atoms with Gasteiger partial charge >= 0.3 is 0 Å². The number of para-hydroxylation sites is 1. The van der Waals surface area contributed by atoms with Crippen molar-refractivity contribution in [1.82, 2.24) is 4.57 Å². The molecule has 0 unspecified atom stereocenters. The maximum atomic E-state index is 14.2. The van der Waals surface area contributed by atoms with E-state index in [1.807, 2.05) is 0 Å². The summed E-state index contributed by atoms with van der Waals surface area (Å²) in [4.78, 5) is 27.4. The number of benzene rings is 2. The Morgan fingerprint density at radius 2 is 2.19 bits per heavy atom. The van der Waals surface area contributed by atoms with E-state index in [9.17, 15) is 19.3 Å². The minimum absolute atomic E-state index is 0.102. The van der Waals surface area contributed by atoms with Gasteiger partial charge in [0.15, 0.2) is 4.80 Å². The zero-order valence-electron chi connectivity index (χ0n) is 13.8. The van der Waals surface area contributed by atoms with Crippen molar-refractivity contribution in [3.8, 4) is 0 Å². The maximum Gasteiger partial charge on any atom is 0.279 e. The van der Waals surface area contributed by atoms with Crippen molar-refractivity contribution in [3.05, 3.63) is 80.9 Å². The largest absolute Gasteiger partial charge is 0.310 e. The van der Waals surface area contributed by atoms with Crippen LogP contribution in [-0.2, 0) is 6.54 Å². The van der Waals surface area contributed by atoms with Crippen LogP contribution in [0.4, 0.5) is 10.1 Å². The lowest BCUT2D eigenvalue weighted by Gasteiger charge is -2.02. The van der Waals surface area contributed by atoms with Crippen molar-refractivity contribution in [2.75, 3.05) is 0 Å². The molecular weight excluding hydrogens is 357 g/mol. The summed E-state index contributed by atoms with van der Waals surface area (Å²) >= 11 is 1.17. The average Bonchev–Trinajstić information content (AvgIpc) is 2.94. The van der Waals surface area contributed by atoms with E-state index in [0.717, 1.165) is 0 Å². The number of halogens is 1. The maximum absolute atomic E-state index is 14.2. The van der Waals surface area contributed by atoms with Crippen molar-refractivity contribution in [1.29, 1.82) is 0 Å². The van der Waals surface area contributed by atoms with E-state index in [-0.39, 0.29) is 17.8 Å². The number of hydrogen-bond acceptors (Lipinski definition) is 4. The Hall–Kier alpha value is -3.13. The Bertz CT molecular complexity index is 1110. The second-order valence-electron chi connectivity index (χ2n) is 5.55. The summed E-state index contributed by atoms with van der Waals surface area (Å²) in [7, 11) is 0. The Labute approximate surface area is 151 Å². The molecule has 0 aliphatic carbocycles. The summed E-state index contributed by atoms with van der Waals surface area (Å²) in [5.41, 5.74) is 0.758. The molecule has 0 radical (unpaired) electrons.